The number of halogens is 2. The predicted octanol–water partition coefficient (Wildman–Crippen LogP) is 3.49. The van der Waals surface area contributed by atoms with Crippen LogP contribution in [0.5, 0.6) is 0 Å². The number of benzene rings is 1. The Morgan fingerprint density at radius 1 is 1.28 bits per heavy atom. The van der Waals surface area contributed by atoms with Gasteiger partial charge in [-0.1, -0.05) is 17.7 Å². The van der Waals surface area contributed by atoms with Gasteiger partial charge in [-0.15, -0.1) is 12.3 Å². The highest BCUT2D eigenvalue weighted by molar-refractivity contribution is 6.30. The molecule has 0 radical (unpaired) electrons. The first-order chi connectivity index (χ1) is 15.4. The van der Waals surface area contributed by atoms with Crippen molar-refractivity contribution in [3.05, 3.63) is 82.1 Å². The summed E-state index contributed by atoms with van der Waals surface area (Å²) in [7, 11) is 0. The van der Waals surface area contributed by atoms with E-state index >= 15 is 0 Å². The first-order valence-electron chi connectivity index (χ1n) is 9.49. The van der Waals surface area contributed by atoms with E-state index in [9.17, 15) is 18.8 Å². The number of hydrogen-bond donors (Lipinski definition) is 2. The Hall–Kier alpha value is -3.96. The van der Waals surface area contributed by atoms with Crippen LogP contribution in [0.2, 0.25) is 5.02 Å². The molecule has 1 aliphatic carbocycles. The van der Waals surface area contributed by atoms with E-state index in [1.807, 2.05) is 0 Å². The van der Waals surface area contributed by atoms with Gasteiger partial charge in [0.05, 0.1) is 22.3 Å². The molecule has 32 heavy (non-hydrogen) atoms. The van der Waals surface area contributed by atoms with Crippen molar-refractivity contribution in [3.8, 4) is 18.0 Å². The number of carbonyl (C=O) groups is 2. The molecule has 162 valence electrons. The van der Waals surface area contributed by atoms with E-state index in [4.69, 9.17) is 18.0 Å². The number of nitrogens with one attached hydrogen (secondary N) is 2. The lowest BCUT2D eigenvalue weighted by molar-refractivity contribution is -0.117. The van der Waals surface area contributed by atoms with Gasteiger partial charge in [0.25, 0.3) is 5.56 Å². The van der Waals surface area contributed by atoms with Crippen LogP contribution in [-0.2, 0) is 9.59 Å². The number of anilines is 2. The normalized spacial score (nSPS) is 16.0. The maximum atomic E-state index is 13.5. The number of carbonyl (C=O) groups excluding carboxylic acids is 2. The first-order valence-corrected chi connectivity index (χ1v) is 9.87. The van der Waals surface area contributed by atoms with Crippen LogP contribution in [0, 0.1) is 30.0 Å². The molecule has 7 nitrogen and oxygen atoms in total. The summed E-state index contributed by atoms with van der Waals surface area (Å²) in [6, 6.07) is 12.1. The lowest BCUT2D eigenvalue weighted by Gasteiger charge is -2.07. The van der Waals surface area contributed by atoms with Gasteiger partial charge < -0.3 is 10.6 Å². The van der Waals surface area contributed by atoms with Crippen molar-refractivity contribution >= 4 is 35.4 Å². The number of hydrogen-bond acceptors (Lipinski definition) is 4. The monoisotopic (exact) mass is 452 g/mol. The van der Waals surface area contributed by atoms with E-state index in [0.717, 1.165) is 6.42 Å². The summed E-state index contributed by atoms with van der Waals surface area (Å²) in [6.45, 7) is 0. The molecule has 9 heteroatoms. The molecule has 1 unspecified atom stereocenters. The minimum absolute atomic E-state index is 0.0486. The molecule has 4 rings (SSSR count). The SMILES string of the molecule is C#CC1C[C@@H]1C(=O)Nc1ccc(Cl)cn1.O=CNc1ccc(-n2ccccc2=O)cc1F. The highest BCUT2D eigenvalue weighted by atomic mass is 35.5. The van der Waals surface area contributed by atoms with E-state index in [0.29, 0.717) is 22.9 Å². The average Bonchev–Trinajstić information content (AvgIpc) is 3.58. The number of amides is 2. The second kappa shape index (κ2) is 10.4. The standard InChI is InChI=1S/C12H9FN2O2.C11H9ClN2O/c13-10-7-9(4-5-11(10)14-8-16)15-6-2-1-3-12(15)17;1-2-7-5-9(7)11(15)14-10-4-3-8(12)6-13-10/h1-8H,(H,14,16);1,3-4,6-7,9H,5H2,(H,13,14,15)/t;7?,9-/m.0/s1. The fourth-order valence-corrected chi connectivity index (χ4v) is 2.92. The van der Waals surface area contributed by atoms with Crippen LogP contribution < -0.4 is 16.2 Å². The minimum atomic E-state index is -0.592. The summed E-state index contributed by atoms with van der Waals surface area (Å²) in [5.41, 5.74) is 0.236. The first kappa shape index (κ1) is 22.7. The van der Waals surface area contributed by atoms with E-state index < -0.39 is 5.82 Å². The number of nitrogens with zero attached hydrogens (tertiary/aromatic N) is 2. The lowest BCUT2D eigenvalue weighted by Crippen LogP contribution is -2.15. The van der Waals surface area contributed by atoms with Gasteiger partial charge in [0.15, 0.2) is 0 Å². The zero-order valence-electron chi connectivity index (χ0n) is 16.7. The van der Waals surface area contributed by atoms with Crippen LogP contribution in [0.3, 0.4) is 0 Å². The van der Waals surface area contributed by atoms with E-state index in [1.54, 1.807) is 36.5 Å². The number of pyridine rings is 2. The molecule has 1 aromatic carbocycles. The van der Waals surface area contributed by atoms with Crippen molar-refractivity contribution in [1.29, 1.82) is 0 Å². The van der Waals surface area contributed by atoms with Gasteiger partial charge >= 0.3 is 0 Å². The molecule has 1 aliphatic rings. The maximum absolute atomic E-state index is 13.5. The van der Waals surface area contributed by atoms with Crippen LogP contribution >= 0.6 is 11.6 Å². The van der Waals surface area contributed by atoms with Crippen molar-refractivity contribution < 1.29 is 14.0 Å². The summed E-state index contributed by atoms with van der Waals surface area (Å²) in [5.74, 6) is 2.46. The van der Waals surface area contributed by atoms with Crippen molar-refractivity contribution in [1.82, 2.24) is 9.55 Å². The third kappa shape index (κ3) is 5.80. The molecule has 1 fully saturated rings. The fourth-order valence-electron chi connectivity index (χ4n) is 2.81. The highest BCUT2D eigenvalue weighted by Crippen LogP contribution is 2.38. The van der Waals surface area contributed by atoms with Crippen molar-refractivity contribution in [3.63, 3.8) is 0 Å². The van der Waals surface area contributed by atoms with Crippen molar-refractivity contribution in [2.24, 2.45) is 11.8 Å². The van der Waals surface area contributed by atoms with Crippen LogP contribution in [-0.4, -0.2) is 21.9 Å². The molecule has 3 aromatic rings. The number of terminal acetylenes is 1. The summed E-state index contributed by atoms with van der Waals surface area (Å²) >= 11 is 5.67. The molecular formula is C23H18ClFN4O3. The van der Waals surface area contributed by atoms with Gasteiger partial charge in [0, 0.05) is 30.4 Å². The van der Waals surface area contributed by atoms with E-state index in [1.165, 1.54) is 29.0 Å². The predicted molar refractivity (Wildman–Crippen MR) is 120 cm³/mol. The molecule has 0 spiro atoms. The second-order valence-corrected chi connectivity index (χ2v) is 7.24. The molecule has 0 aliphatic heterocycles. The summed E-state index contributed by atoms with van der Waals surface area (Å²) in [4.78, 5) is 37.2. The smallest absolute Gasteiger partial charge is 0.255 e. The van der Waals surface area contributed by atoms with Crippen LogP contribution in [0.4, 0.5) is 15.9 Å². The highest BCUT2D eigenvalue weighted by Gasteiger charge is 2.41. The zero-order valence-corrected chi connectivity index (χ0v) is 17.4. The van der Waals surface area contributed by atoms with Gasteiger partial charge in [-0.25, -0.2) is 9.37 Å². The van der Waals surface area contributed by atoms with Crippen LogP contribution in [0.25, 0.3) is 5.69 Å². The number of aromatic nitrogens is 2. The van der Waals surface area contributed by atoms with E-state index in [-0.39, 0.29) is 29.0 Å². The van der Waals surface area contributed by atoms with Crippen LogP contribution in [0.15, 0.2) is 65.7 Å². The van der Waals surface area contributed by atoms with Crippen molar-refractivity contribution in [2.75, 3.05) is 10.6 Å². The third-order valence-electron chi connectivity index (χ3n) is 4.59. The maximum Gasteiger partial charge on any atom is 0.255 e. The Kier molecular flexibility index (Phi) is 7.37. The Labute approximate surface area is 188 Å². The van der Waals surface area contributed by atoms with Gasteiger partial charge in [0.1, 0.15) is 11.6 Å². The van der Waals surface area contributed by atoms with E-state index in [2.05, 4.69) is 21.5 Å². The molecule has 2 heterocycles. The van der Waals surface area contributed by atoms with Gasteiger partial charge in [0.2, 0.25) is 12.3 Å². The number of rotatable bonds is 5. The topological polar surface area (TPSA) is 93.1 Å². The average molecular weight is 453 g/mol. The Morgan fingerprint density at radius 3 is 2.69 bits per heavy atom. The quantitative estimate of drug-likeness (QED) is 0.458. The molecule has 2 atom stereocenters. The van der Waals surface area contributed by atoms with Gasteiger partial charge in [-0.05, 0) is 36.8 Å². The Balaban J connectivity index is 0.000000182. The third-order valence-corrected chi connectivity index (χ3v) is 4.81. The summed E-state index contributed by atoms with van der Waals surface area (Å²) in [5, 5.41) is 5.46. The zero-order chi connectivity index (χ0) is 23.1. The second-order valence-electron chi connectivity index (χ2n) is 6.80. The molecule has 0 saturated heterocycles. The molecule has 1 saturated carbocycles. The largest absolute Gasteiger partial charge is 0.326 e. The minimum Gasteiger partial charge on any atom is -0.326 e. The molecular weight excluding hydrogens is 435 g/mol. The fraction of sp³-hybridized carbons (Fsp3) is 0.130. The van der Waals surface area contributed by atoms with Gasteiger partial charge in [-0.2, -0.15) is 0 Å². The lowest BCUT2D eigenvalue weighted by atomic mass is 10.2. The summed E-state index contributed by atoms with van der Waals surface area (Å²) in [6.07, 6.45) is 9.42. The molecule has 0 bridgehead atoms. The van der Waals surface area contributed by atoms with Gasteiger partial charge in [-0.3, -0.25) is 19.0 Å². The summed E-state index contributed by atoms with van der Waals surface area (Å²) < 4.78 is 14.8. The Bertz CT molecular complexity index is 1220. The molecule has 2 aromatic heterocycles. The molecule has 2 N–H and O–H groups in total. The molecule has 2 amide bonds. The van der Waals surface area contributed by atoms with Crippen LogP contribution in [0.1, 0.15) is 6.42 Å². The van der Waals surface area contributed by atoms with Crippen molar-refractivity contribution in [2.45, 2.75) is 6.42 Å². The Morgan fingerprint density at radius 2 is 2.09 bits per heavy atom.